The maximum absolute atomic E-state index is 13.1. The minimum absolute atomic E-state index is 0.102. The van der Waals surface area contributed by atoms with Crippen LogP contribution in [-0.2, 0) is 4.74 Å². The number of carbonyl (C=O) groups excluding carboxylic acids is 3. The van der Waals surface area contributed by atoms with E-state index in [0.29, 0.717) is 28.1 Å². The summed E-state index contributed by atoms with van der Waals surface area (Å²) in [4.78, 5) is 42.6. The van der Waals surface area contributed by atoms with Gasteiger partial charge in [0.1, 0.15) is 11.4 Å². The SMILES string of the molecule is CCOC(=O)c1[nH]c(C)c(C(=O)CN(C(=O)c2cccc(OC)c2)C(C)C)c1C. The summed E-state index contributed by atoms with van der Waals surface area (Å²) in [6.07, 6.45) is 0. The molecule has 7 nitrogen and oxygen atoms in total. The van der Waals surface area contributed by atoms with Crippen LogP contribution in [0.1, 0.15) is 63.2 Å². The van der Waals surface area contributed by atoms with E-state index in [-0.39, 0.29) is 36.6 Å². The second kappa shape index (κ2) is 9.41. The van der Waals surface area contributed by atoms with E-state index in [1.807, 2.05) is 13.8 Å². The zero-order valence-corrected chi connectivity index (χ0v) is 17.8. The molecule has 2 rings (SSSR count). The molecule has 0 saturated heterocycles. The maximum atomic E-state index is 13.1. The van der Waals surface area contributed by atoms with Crippen LogP contribution in [0.5, 0.6) is 5.75 Å². The summed E-state index contributed by atoms with van der Waals surface area (Å²) in [6.45, 7) is 9.00. The molecule has 1 N–H and O–H groups in total. The van der Waals surface area contributed by atoms with E-state index < -0.39 is 5.97 Å². The smallest absolute Gasteiger partial charge is 0.355 e. The number of hydrogen-bond acceptors (Lipinski definition) is 5. The minimum atomic E-state index is -0.500. The van der Waals surface area contributed by atoms with Gasteiger partial charge in [-0.15, -0.1) is 0 Å². The molecule has 1 amide bonds. The van der Waals surface area contributed by atoms with E-state index in [4.69, 9.17) is 9.47 Å². The van der Waals surface area contributed by atoms with Crippen molar-refractivity contribution in [3.8, 4) is 5.75 Å². The van der Waals surface area contributed by atoms with Gasteiger partial charge < -0.3 is 19.4 Å². The molecule has 0 spiro atoms. The lowest BCUT2D eigenvalue weighted by Crippen LogP contribution is -2.41. The van der Waals surface area contributed by atoms with E-state index in [1.165, 1.54) is 12.0 Å². The van der Waals surface area contributed by atoms with Gasteiger partial charge in [-0.2, -0.15) is 0 Å². The number of ketones is 1. The number of hydrogen-bond donors (Lipinski definition) is 1. The molecular formula is C22H28N2O5. The quantitative estimate of drug-likeness (QED) is 0.541. The number of aryl methyl sites for hydroxylation is 1. The molecule has 0 aliphatic carbocycles. The number of H-pyrrole nitrogens is 1. The first-order valence-electron chi connectivity index (χ1n) is 9.55. The number of rotatable bonds is 8. The molecule has 0 aliphatic heterocycles. The van der Waals surface area contributed by atoms with E-state index >= 15 is 0 Å². The van der Waals surface area contributed by atoms with E-state index in [2.05, 4.69) is 4.98 Å². The number of esters is 1. The highest BCUT2D eigenvalue weighted by Gasteiger charge is 2.27. The highest BCUT2D eigenvalue weighted by molar-refractivity contribution is 6.06. The van der Waals surface area contributed by atoms with Crippen molar-refractivity contribution in [1.29, 1.82) is 0 Å². The molecule has 0 aliphatic rings. The molecule has 0 fully saturated rings. The highest BCUT2D eigenvalue weighted by Crippen LogP contribution is 2.21. The molecule has 0 bridgehead atoms. The van der Waals surface area contributed by atoms with Gasteiger partial charge in [0.25, 0.3) is 5.91 Å². The first-order valence-corrected chi connectivity index (χ1v) is 9.55. The molecule has 0 saturated carbocycles. The molecule has 7 heteroatoms. The Kier molecular flexibility index (Phi) is 7.20. The molecule has 29 heavy (non-hydrogen) atoms. The lowest BCUT2D eigenvalue weighted by Gasteiger charge is -2.26. The van der Waals surface area contributed by atoms with Crippen LogP contribution in [0.2, 0.25) is 0 Å². The standard InChI is InChI=1S/C22H28N2O5/c1-7-29-22(27)20-14(4)19(15(5)23-20)18(25)12-24(13(2)3)21(26)16-9-8-10-17(11-16)28-6/h8-11,13,23H,7,12H2,1-6H3. The summed E-state index contributed by atoms with van der Waals surface area (Å²) in [5, 5.41) is 0. The number of methoxy groups -OCH3 is 1. The van der Waals surface area contributed by atoms with Crippen molar-refractivity contribution >= 4 is 17.7 Å². The fourth-order valence-corrected chi connectivity index (χ4v) is 3.22. The van der Waals surface area contributed by atoms with Crippen LogP contribution in [0.15, 0.2) is 24.3 Å². The van der Waals surface area contributed by atoms with E-state index in [0.717, 1.165) is 0 Å². The zero-order valence-electron chi connectivity index (χ0n) is 17.8. The number of amides is 1. The van der Waals surface area contributed by atoms with E-state index in [9.17, 15) is 14.4 Å². The van der Waals surface area contributed by atoms with Gasteiger partial charge >= 0.3 is 5.97 Å². The predicted molar refractivity (Wildman–Crippen MR) is 110 cm³/mol. The molecule has 2 aromatic rings. The van der Waals surface area contributed by atoms with Crippen molar-refractivity contribution in [3.63, 3.8) is 0 Å². The lowest BCUT2D eigenvalue weighted by molar-refractivity contribution is 0.0519. The fraction of sp³-hybridized carbons (Fsp3) is 0.409. The first-order chi connectivity index (χ1) is 13.7. The summed E-state index contributed by atoms with van der Waals surface area (Å²) >= 11 is 0. The van der Waals surface area contributed by atoms with Crippen molar-refractivity contribution in [1.82, 2.24) is 9.88 Å². The lowest BCUT2D eigenvalue weighted by atomic mass is 10.0. The summed E-state index contributed by atoms with van der Waals surface area (Å²) in [5.74, 6) is -0.428. The van der Waals surface area contributed by atoms with Gasteiger partial charge in [0.2, 0.25) is 0 Å². The zero-order chi connectivity index (χ0) is 21.7. The Bertz CT molecular complexity index is 914. The third-order valence-electron chi connectivity index (χ3n) is 4.71. The summed E-state index contributed by atoms with van der Waals surface area (Å²) in [6, 6.07) is 6.63. The van der Waals surface area contributed by atoms with Crippen LogP contribution in [0.4, 0.5) is 0 Å². The van der Waals surface area contributed by atoms with Crippen LogP contribution in [0.25, 0.3) is 0 Å². The van der Waals surface area contributed by atoms with Crippen molar-refractivity contribution in [2.45, 2.75) is 40.7 Å². The number of ether oxygens (including phenoxy) is 2. The number of Topliss-reactive ketones (excluding diaryl/α,β-unsaturated/α-hetero) is 1. The Balaban J connectivity index is 2.31. The molecule has 0 atom stereocenters. The van der Waals surface area contributed by atoms with Gasteiger partial charge in [0.05, 0.1) is 20.3 Å². The number of nitrogens with one attached hydrogen (secondary N) is 1. The van der Waals surface area contributed by atoms with Crippen molar-refractivity contribution in [2.75, 3.05) is 20.3 Å². The molecular weight excluding hydrogens is 372 g/mol. The fourth-order valence-electron chi connectivity index (χ4n) is 3.22. The molecule has 1 heterocycles. The third kappa shape index (κ3) is 4.85. The van der Waals surface area contributed by atoms with E-state index in [1.54, 1.807) is 45.0 Å². The number of carbonyl (C=O) groups is 3. The molecule has 1 aromatic carbocycles. The van der Waals surface area contributed by atoms with Gasteiger partial charge in [0.15, 0.2) is 5.78 Å². The van der Waals surface area contributed by atoms with Crippen molar-refractivity contribution in [2.24, 2.45) is 0 Å². The highest BCUT2D eigenvalue weighted by atomic mass is 16.5. The molecule has 1 aromatic heterocycles. The Hall–Kier alpha value is -3.09. The maximum Gasteiger partial charge on any atom is 0.355 e. The predicted octanol–water partition coefficient (Wildman–Crippen LogP) is 3.55. The first kappa shape index (κ1) is 22.2. The van der Waals surface area contributed by atoms with Gasteiger partial charge in [0, 0.05) is 22.9 Å². The number of nitrogens with zero attached hydrogens (tertiary/aromatic N) is 1. The normalized spacial score (nSPS) is 10.7. The van der Waals surface area contributed by atoms with Gasteiger partial charge in [-0.25, -0.2) is 4.79 Å². The molecule has 0 unspecified atom stereocenters. The minimum Gasteiger partial charge on any atom is -0.497 e. The topological polar surface area (TPSA) is 88.7 Å². The van der Waals surface area contributed by atoms with Gasteiger partial charge in [-0.05, 0) is 58.4 Å². The molecule has 156 valence electrons. The summed E-state index contributed by atoms with van der Waals surface area (Å²) < 4.78 is 10.2. The van der Waals surface area contributed by atoms with Crippen molar-refractivity contribution < 1.29 is 23.9 Å². The van der Waals surface area contributed by atoms with Crippen LogP contribution in [0, 0.1) is 13.8 Å². The monoisotopic (exact) mass is 400 g/mol. The second-order valence-corrected chi connectivity index (χ2v) is 7.03. The summed E-state index contributed by atoms with van der Waals surface area (Å²) in [5.41, 5.74) is 2.23. The Morgan fingerprint density at radius 2 is 1.86 bits per heavy atom. The van der Waals surface area contributed by atoms with Crippen LogP contribution in [-0.4, -0.2) is 53.8 Å². The van der Waals surface area contributed by atoms with Gasteiger partial charge in [-0.1, -0.05) is 6.07 Å². The number of aromatic nitrogens is 1. The Morgan fingerprint density at radius 3 is 2.45 bits per heavy atom. The van der Waals surface area contributed by atoms with Crippen LogP contribution >= 0.6 is 0 Å². The average Bonchev–Trinajstić information content (AvgIpc) is 2.99. The molecule has 0 radical (unpaired) electrons. The average molecular weight is 400 g/mol. The third-order valence-corrected chi connectivity index (χ3v) is 4.71. The Labute approximate surface area is 171 Å². The Morgan fingerprint density at radius 1 is 1.17 bits per heavy atom. The summed E-state index contributed by atoms with van der Waals surface area (Å²) in [7, 11) is 1.53. The van der Waals surface area contributed by atoms with Crippen molar-refractivity contribution in [3.05, 3.63) is 52.3 Å². The second-order valence-electron chi connectivity index (χ2n) is 7.03. The largest absolute Gasteiger partial charge is 0.497 e. The van der Waals surface area contributed by atoms with Gasteiger partial charge in [-0.3, -0.25) is 9.59 Å². The number of benzene rings is 1. The number of aromatic amines is 1. The van der Waals surface area contributed by atoms with Crippen LogP contribution < -0.4 is 4.74 Å². The van der Waals surface area contributed by atoms with Crippen LogP contribution in [0.3, 0.4) is 0 Å².